The summed E-state index contributed by atoms with van der Waals surface area (Å²) in [4.78, 5) is 0. The van der Waals surface area contributed by atoms with Crippen molar-refractivity contribution in [1.29, 1.82) is 0 Å². The van der Waals surface area contributed by atoms with Gasteiger partial charge in [0.05, 0.1) is 0 Å². The van der Waals surface area contributed by atoms with Crippen LogP contribution in [0.5, 0.6) is 0 Å². The molecule has 0 heterocycles. The van der Waals surface area contributed by atoms with Gasteiger partial charge in [-0.3, -0.25) is 0 Å². The molecule has 0 spiro atoms. The van der Waals surface area contributed by atoms with E-state index in [9.17, 15) is 0 Å². The normalized spacial score (nSPS) is 12.8. The van der Waals surface area contributed by atoms with E-state index in [1.165, 1.54) is 0 Å². The van der Waals surface area contributed by atoms with Gasteiger partial charge in [0, 0.05) is 5.92 Å². The van der Waals surface area contributed by atoms with E-state index in [1.807, 2.05) is 0 Å². The van der Waals surface area contributed by atoms with E-state index in [0.29, 0.717) is 34.0 Å². The van der Waals surface area contributed by atoms with Crippen LogP contribution >= 0.6 is 23.8 Å². The first-order chi connectivity index (χ1) is 18.9. The van der Waals surface area contributed by atoms with Crippen molar-refractivity contribution in [1.82, 2.24) is 0 Å². The van der Waals surface area contributed by atoms with Gasteiger partial charge in [-0.2, -0.15) is 0 Å². The average molecular weight is 593 g/mol. The lowest BCUT2D eigenvalue weighted by Gasteiger charge is -2.36. The van der Waals surface area contributed by atoms with Crippen LogP contribution in [0.4, 0.5) is 0 Å². The third kappa shape index (κ3) is 7.47. The van der Waals surface area contributed by atoms with Crippen LogP contribution < -0.4 is 15.9 Å². The van der Waals surface area contributed by atoms with Crippen LogP contribution in [0, 0.1) is 0 Å². The van der Waals surface area contributed by atoms with Gasteiger partial charge in [-0.05, 0) is 66.6 Å². The maximum Gasteiger partial charge on any atom is 0.0358 e. The molecule has 0 nitrogen and oxygen atoms in total. The Morgan fingerprint density at radius 2 is 0.525 bits per heavy atom. The highest BCUT2D eigenvalue weighted by Gasteiger charge is 2.33. The van der Waals surface area contributed by atoms with E-state index in [2.05, 4.69) is 156 Å². The van der Waals surface area contributed by atoms with Crippen molar-refractivity contribution in [3.8, 4) is 0 Å². The summed E-state index contributed by atoms with van der Waals surface area (Å²) in [6.45, 7) is 29.2. The lowest BCUT2D eigenvalue weighted by atomic mass is 9.85. The first kappa shape index (κ1) is 33.5. The van der Waals surface area contributed by atoms with Crippen LogP contribution in [0.2, 0.25) is 0 Å². The molecule has 0 aromatic heterocycles. The summed E-state index contributed by atoms with van der Waals surface area (Å²) in [5.74, 6) is 0.246. The Bertz CT molecular complexity index is 1030. The summed E-state index contributed by atoms with van der Waals surface area (Å²) in [5.41, 5.74) is 8.51. The summed E-state index contributed by atoms with van der Waals surface area (Å²) >= 11 is 0. The van der Waals surface area contributed by atoms with Gasteiger partial charge in [0.25, 0.3) is 0 Å². The highest BCUT2D eigenvalue weighted by Crippen LogP contribution is 2.52. The molecule has 0 saturated carbocycles. The Morgan fingerprint density at radius 3 is 0.725 bits per heavy atom. The van der Waals surface area contributed by atoms with E-state index in [0.717, 1.165) is 0 Å². The minimum atomic E-state index is -0.297. The van der Waals surface area contributed by atoms with Crippen LogP contribution in [0.15, 0.2) is 72.8 Å². The molecule has 0 aliphatic rings. The fourth-order valence-electron chi connectivity index (χ4n) is 6.86. The minimum absolute atomic E-state index is 0.246. The maximum absolute atomic E-state index is 2.48. The highest BCUT2D eigenvalue weighted by atomic mass is 31.1. The molecule has 218 valence electrons. The van der Waals surface area contributed by atoms with Crippen LogP contribution in [-0.2, 0) is 0 Å². The molecule has 0 atom stereocenters. The molecule has 0 radical (unpaired) electrons. The highest BCUT2D eigenvalue weighted by molar-refractivity contribution is 7.67. The lowest BCUT2D eigenvalue weighted by molar-refractivity contribution is 0.977. The third-order valence-corrected chi connectivity index (χ3v) is 17.5. The Hall–Kier alpha value is -1.05. The van der Waals surface area contributed by atoms with Crippen molar-refractivity contribution in [3.63, 3.8) is 0 Å². The van der Waals surface area contributed by atoms with Gasteiger partial charge < -0.3 is 0 Å². The van der Waals surface area contributed by atoms with Crippen molar-refractivity contribution in [2.24, 2.45) is 0 Å². The predicted octanol–water partition coefficient (Wildman–Crippen LogP) is 10.6. The Morgan fingerprint density at radius 1 is 0.325 bits per heavy atom. The zero-order chi connectivity index (χ0) is 29.7. The number of benzene rings is 3. The van der Waals surface area contributed by atoms with Crippen molar-refractivity contribution in [2.45, 2.75) is 123 Å². The van der Waals surface area contributed by atoms with Crippen molar-refractivity contribution >= 4 is 39.7 Å². The molecule has 0 fully saturated rings. The van der Waals surface area contributed by atoms with E-state index < -0.39 is 0 Å². The van der Waals surface area contributed by atoms with Gasteiger partial charge in [-0.15, -0.1) is 0 Å². The summed E-state index contributed by atoms with van der Waals surface area (Å²) in [6, 6.07) is 28.6. The molecule has 3 aromatic rings. The monoisotopic (exact) mass is 592 g/mol. The summed E-state index contributed by atoms with van der Waals surface area (Å²) in [7, 11) is -0.891. The van der Waals surface area contributed by atoms with Gasteiger partial charge >= 0.3 is 0 Å². The zero-order valence-electron chi connectivity index (χ0n) is 27.3. The van der Waals surface area contributed by atoms with Crippen molar-refractivity contribution in [2.75, 3.05) is 0 Å². The fourth-order valence-corrected chi connectivity index (χ4v) is 16.1. The molecule has 3 heteroatoms. The molecule has 0 aliphatic carbocycles. The van der Waals surface area contributed by atoms with Crippen LogP contribution in [0.25, 0.3) is 0 Å². The van der Waals surface area contributed by atoms with Crippen LogP contribution in [0.1, 0.15) is 106 Å². The number of hydrogen-bond acceptors (Lipinski definition) is 0. The third-order valence-electron chi connectivity index (χ3n) is 7.92. The maximum atomic E-state index is 2.48. The largest absolute Gasteiger partial charge is 0.0697 e. The molecule has 0 unspecified atom stereocenters. The predicted molar refractivity (Wildman–Crippen MR) is 191 cm³/mol. The Kier molecular flexibility index (Phi) is 12.5. The summed E-state index contributed by atoms with van der Waals surface area (Å²) < 4.78 is 0. The molecule has 40 heavy (non-hydrogen) atoms. The van der Waals surface area contributed by atoms with E-state index in [4.69, 9.17) is 0 Å². The molecular weight excluding hydrogens is 537 g/mol. The van der Waals surface area contributed by atoms with Gasteiger partial charge in [-0.1, -0.05) is 180 Å². The average Bonchev–Trinajstić information content (AvgIpc) is 2.86. The molecule has 3 aromatic carbocycles. The number of hydrogen-bond donors (Lipinski definition) is 0. The quantitative estimate of drug-likeness (QED) is 0.145. The summed E-state index contributed by atoms with van der Waals surface area (Å²) in [5, 5.41) is 4.82. The first-order valence-corrected chi connectivity index (χ1v) is 19.9. The second kappa shape index (κ2) is 14.9. The molecule has 0 N–H and O–H groups in total. The standard InChI is InChI=1S/C37H55P3/c1-25(2)38(26(3)4)34-22-16-13-19-31(34)37(32-20-14-17-23-35(32)39(27(5)6)28(7)8)33-21-15-18-24-36(33)40(29(9)10)30(11)12/h13-30,37H,1-12H3. The SMILES string of the molecule is CC(C)P(c1ccccc1C(c1ccccc1P(C(C)C)C(C)C)c1ccccc1P(C(C)C)C(C)C)C(C)C. The second-order valence-electron chi connectivity index (χ2n) is 12.9. The van der Waals surface area contributed by atoms with Crippen molar-refractivity contribution in [3.05, 3.63) is 89.5 Å². The van der Waals surface area contributed by atoms with Gasteiger partial charge in [-0.25, -0.2) is 0 Å². The Balaban J connectivity index is 2.48. The molecule has 0 saturated heterocycles. The molecule has 0 bridgehead atoms. The molecule has 0 amide bonds. The van der Waals surface area contributed by atoms with Gasteiger partial charge in [0.2, 0.25) is 0 Å². The Labute approximate surface area is 251 Å². The van der Waals surface area contributed by atoms with E-state index in [1.54, 1.807) is 32.6 Å². The van der Waals surface area contributed by atoms with E-state index >= 15 is 0 Å². The minimum Gasteiger partial charge on any atom is -0.0697 e. The molecular formula is C37H55P3. The van der Waals surface area contributed by atoms with Crippen LogP contribution in [-0.4, -0.2) is 34.0 Å². The second-order valence-corrected chi connectivity index (χ2v) is 23.0. The molecule has 0 aliphatic heterocycles. The topological polar surface area (TPSA) is 0 Å². The smallest absolute Gasteiger partial charge is 0.0358 e. The van der Waals surface area contributed by atoms with E-state index in [-0.39, 0.29) is 29.7 Å². The summed E-state index contributed by atoms with van der Waals surface area (Å²) in [6.07, 6.45) is 0. The zero-order valence-corrected chi connectivity index (χ0v) is 30.0. The lowest BCUT2D eigenvalue weighted by Crippen LogP contribution is -2.29. The fraction of sp³-hybridized carbons (Fsp3) is 0.514. The molecule has 3 rings (SSSR count). The van der Waals surface area contributed by atoms with Crippen molar-refractivity contribution < 1.29 is 0 Å². The van der Waals surface area contributed by atoms with Gasteiger partial charge in [0.15, 0.2) is 0 Å². The number of rotatable bonds is 12. The van der Waals surface area contributed by atoms with Crippen LogP contribution in [0.3, 0.4) is 0 Å². The first-order valence-electron chi connectivity index (χ1n) is 15.5. The van der Waals surface area contributed by atoms with Gasteiger partial charge in [0.1, 0.15) is 0 Å².